The molecule has 11 heteroatoms. The summed E-state index contributed by atoms with van der Waals surface area (Å²) >= 11 is 1.34. The molecule has 0 spiro atoms. The van der Waals surface area contributed by atoms with E-state index in [2.05, 4.69) is 5.32 Å². The molecule has 0 bridgehead atoms. The third-order valence-electron chi connectivity index (χ3n) is 6.58. The summed E-state index contributed by atoms with van der Waals surface area (Å²) in [4.78, 5) is 25.5. The van der Waals surface area contributed by atoms with Gasteiger partial charge in [-0.15, -0.1) is 11.8 Å². The average molecular weight is 534 g/mol. The predicted octanol–water partition coefficient (Wildman–Crippen LogP) is 1.39. The second-order valence-corrected chi connectivity index (χ2v) is 9.76. The number of rotatable bonds is 6. The molecule has 1 heterocycles. The van der Waals surface area contributed by atoms with Gasteiger partial charge in [0.2, 0.25) is 17.9 Å². The maximum atomic E-state index is 12.9. The number of aliphatic hydroxyl groups excluding tert-OH is 3. The van der Waals surface area contributed by atoms with Crippen molar-refractivity contribution >= 4 is 17.7 Å². The van der Waals surface area contributed by atoms with Gasteiger partial charge in [-0.1, -0.05) is 6.07 Å². The van der Waals surface area contributed by atoms with Crippen LogP contribution in [-0.4, -0.2) is 72.9 Å². The van der Waals surface area contributed by atoms with E-state index in [9.17, 15) is 24.9 Å². The first kappa shape index (κ1) is 27.2. The van der Waals surface area contributed by atoms with E-state index >= 15 is 0 Å². The fourth-order valence-corrected chi connectivity index (χ4v) is 5.27. The Morgan fingerprint density at radius 3 is 2.49 bits per heavy atom. The van der Waals surface area contributed by atoms with Crippen molar-refractivity contribution in [3.8, 4) is 28.4 Å². The van der Waals surface area contributed by atoms with Crippen LogP contribution in [0, 0.1) is 0 Å². The van der Waals surface area contributed by atoms with Gasteiger partial charge < -0.3 is 39.6 Å². The molecule has 10 nitrogen and oxygen atoms in total. The third-order valence-corrected chi connectivity index (χ3v) is 7.35. The maximum Gasteiger partial charge on any atom is 0.229 e. The topological polar surface area (TPSA) is 144 Å². The number of carbonyl (C=O) groups excluding carboxylic acids is 1. The summed E-state index contributed by atoms with van der Waals surface area (Å²) in [5.41, 5.74) is 2.71. The van der Waals surface area contributed by atoms with Gasteiger partial charge in [0.15, 0.2) is 16.9 Å². The maximum absolute atomic E-state index is 12.9. The molecule has 1 aliphatic carbocycles. The highest BCUT2D eigenvalue weighted by Crippen LogP contribution is 2.50. The quantitative estimate of drug-likeness (QED) is 0.402. The molecule has 0 unspecified atom stereocenters. The minimum Gasteiger partial charge on any atom is -0.492 e. The van der Waals surface area contributed by atoms with Crippen LogP contribution in [-0.2, 0) is 16.0 Å². The minimum absolute atomic E-state index is 0.150. The lowest BCUT2D eigenvalue weighted by molar-refractivity contribution is -0.242. The fraction of sp³-hybridized carbons (Fsp3) is 0.462. The molecule has 200 valence electrons. The molecule has 37 heavy (non-hydrogen) atoms. The Morgan fingerprint density at radius 1 is 1.11 bits per heavy atom. The van der Waals surface area contributed by atoms with Crippen molar-refractivity contribution in [2.75, 3.05) is 27.1 Å². The largest absolute Gasteiger partial charge is 0.492 e. The summed E-state index contributed by atoms with van der Waals surface area (Å²) in [6.07, 6.45) is -2.61. The van der Waals surface area contributed by atoms with E-state index in [4.69, 9.17) is 18.9 Å². The molecule has 1 aliphatic heterocycles. The van der Waals surface area contributed by atoms with Crippen LogP contribution in [0.5, 0.6) is 17.2 Å². The SMILES string of the molecule is COc1c(O[C@H]2OC[C@@H](O)[C@@H](O)[C@@H]2O)cc2c(c1OC)-c1ccc(SC)c(=O)cc1[C@@H](NC(C)=O)CC2. The number of fused-ring (bicyclic) bond motifs is 3. The molecule has 4 rings (SSSR count). The smallest absolute Gasteiger partial charge is 0.229 e. The average Bonchev–Trinajstić information content (AvgIpc) is 3.11. The van der Waals surface area contributed by atoms with Crippen LogP contribution in [0.3, 0.4) is 0 Å². The molecule has 4 N–H and O–H groups in total. The molecule has 2 aromatic carbocycles. The second-order valence-electron chi connectivity index (χ2n) is 8.91. The number of hydrogen-bond donors (Lipinski definition) is 4. The molecule has 2 aliphatic rings. The van der Waals surface area contributed by atoms with Gasteiger partial charge in [-0.25, -0.2) is 0 Å². The number of ether oxygens (including phenoxy) is 4. The summed E-state index contributed by atoms with van der Waals surface area (Å²) in [5.74, 6) is 0.555. The van der Waals surface area contributed by atoms with Crippen LogP contribution < -0.4 is 25.0 Å². The number of benzene rings is 1. The highest BCUT2D eigenvalue weighted by molar-refractivity contribution is 7.98. The Hall–Kier alpha value is -2.83. The van der Waals surface area contributed by atoms with Gasteiger partial charge in [-0.05, 0) is 54.0 Å². The van der Waals surface area contributed by atoms with E-state index in [1.54, 1.807) is 18.2 Å². The molecule has 2 aromatic rings. The Labute approximate surface area is 218 Å². The minimum atomic E-state index is -1.50. The van der Waals surface area contributed by atoms with Gasteiger partial charge in [0.1, 0.15) is 18.3 Å². The van der Waals surface area contributed by atoms with Crippen LogP contribution >= 0.6 is 11.8 Å². The summed E-state index contributed by atoms with van der Waals surface area (Å²) in [7, 11) is 2.93. The van der Waals surface area contributed by atoms with Crippen molar-refractivity contribution in [2.24, 2.45) is 0 Å². The van der Waals surface area contributed by atoms with E-state index in [1.165, 1.54) is 32.9 Å². The number of methoxy groups -OCH3 is 2. The lowest BCUT2D eigenvalue weighted by Crippen LogP contribution is -2.54. The molecule has 1 amide bonds. The highest BCUT2D eigenvalue weighted by Gasteiger charge is 2.40. The van der Waals surface area contributed by atoms with E-state index in [0.717, 1.165) is 5.56 Å². The molecule has 1 saturated heterocycles. The number of aliphatic hydroxyl groups is 3. The Morgan fingerprint density at radius 2 is 1.84 bits per heavy atom. The standard InChI is InChI=1S/C26H31NO9S/c1-12(28)27-16-7-5-13-9-19(36-26-23(32)22(31)18(30)11-35-26)24(33-2)25(34-3)21(13)14-6-8-20(37-4)17(29)10-15(14)16/h6,8-10,16,18,22-23,26,30-32H,5,7,11H2,1-4H3,(H,27,28)/t16-,18+,22+,23-,26+/m0/s1. The van der Waals surface area contributed by atoms with Crippen LogP contribution in [0.2, 0.25) is 0 Å². The monoisotopic (exact) mass is 533 g/mol. The van der Waals surface area contributed by atoms with E-state index in [-0.39, 0.29) is 29.4 Å². The number of nitrogens with one attached hydrogen (secondary N) is 1. The fourth-order valence-electron chi connectivity index (χ4n) is 4.81. The van der Waals surface area contributed by atoms with Crippen LogP contribution in [0.15, 0.2) is 34.0 Å². The summed E-state index contributed by atoms with van der Waals surface area (Å²) in [5, 5.41) is 33.2. The van der Waals surface area contributed by atoms with E-state index in [0.29, 0.717) is 40.2 Å². The van der Waals surface area contributed by atoms with Crippen molar-refractivity contribution in [1.29, 1.82) is 0 Å². The van der Waals surface area contributed by atoms with Crippen molar-refractivity contribution < 1.29 is 39.1 Å². The number of amides is 1. The lowest BCUT2D eigenvalue weighted by atomic mass is 9.95. The number of hydrogen-bond acceptors (Lipinski definition) is 10. The number of carbonyl (C=O) groups is 1. The molecule has 0 radical (unpaired) electrons. The van der Waals surface area contributed by atoms with Gasteiger partial charge in [-0.3, -0.25) is 9.59 Å². The Bertz CT molecular complexity index is 1240. The molecule has 0 saturated carbocycles. The zero-order chi connectivity index (χ0) is 26.9. The van der Waals surface area contributed by atoms with Gasteiger partial charge in [0, 0.05) is 12.5 Å². The van der Waals surface area contributed by atoms with Crippen molar-refractivity contribution in [1.82, 2.24) is 5.32 Å². The normalized spacial score (nSPS) is 24.8. The van der Waals surface area contributed by atoms with Crippen LogP contribution in [0.1, 0.15) is 30.5 Å². The van der Waals surface area contributed by atoms with E-state index < -0.39 is 30.6 Å². The first-order valence-electron chi connectivity index (χ1n) is 11.8. The van der Waals surface area contributed by atoms with Gasteiger partial charge in [0.05, 0.1) is 31.8 Å². The number of aryl methyl sites for hydroxylation is 1. The summed E-state index contributed by atoms with van der Waals surface area (Å²) < 4.78 is 22.8. The lowest BCUT2D eigenvalue weighted by Gasteiger charge is -2.35. The molecule has 5 atom stereocenters. The molecular weight excluding hydrogens is 502 g/mol. The van der Waals surface area contributed by atoms with Gasteiger partial charge in [0.25, 0.3) is 0 Å². The van der Waals surface area contributed by atoms with Gasteiger partial charge in [-0.2, -0.15) is 0 Å². The van der Waals surface area contributed by atoms with Crippen molar-refractivity contribution in [3.63, 3.8) is 0 Å². The van der Waals surface area contributed by atoms with Gasteiger partial charge >= 0.3 is 0 Å². The number of thioether (sulfide) groups is 1. The summed E-state index contributed by atoms with van der Waals surface area (Å²) in [6.45, 7) is 1.22. The predicted molar refractivity (Wildman–Crippen MR) is 136 cm³/mol. The zero-order valence-electron chi connectivity index (χ0n) is 21.0. The first-order valence-corrected chi connectivity index (χ1v) is 13.0. The molecule has 0 aromatic heterocycles. The molecular formula is C26H31NO9S. The Kier molecular flexibility index (Phi) is 8.29. The Balaban J connectivity index is 1.90. The third kappa shape index (κ3) is 5.27. The molecule has 1 fully saturated rings. The first-order chi connectivity index (χ1) is 17.7. The van der Waals surface area contributed by atoms with Crippen molar-refractivity contribution in [2.45, 2.75) is 55.3 Å². The van der Waals surface area contributed by atoms with Crippen LogP contribution in [0.4, 0.5) is 0 Å². The highest BCUT2D eigenvalue weighted by atomic mass is 32.2. The van der Waals surface area contributed by atoms with E-state index in [1.807, 2.05) is 12.3 Å². The second kappa shape index (κ2) is 11.3. The zero-order valence-corrected chi connectivity index (χ0v) is 21.8. The van der Waals surface area contributed by atoms with Crippen molar-refractivity contribution in [3.05, 3.63) is 45.6 Å². The van der Waals surface area contributed by atoms with Crippen LogP contribution in [0.25, 0.3) is 11.1 Å². The summed E-state index contributed by atoms with van der Waals surface area (Å²) in [6, 6.07) is 6.48.